The van der Waals surface area contributed by atoms with Crippen LogP contribution in [0.15, 0.2) is 11.6 Å². The van der Waals surface area contributed by atoms with E-state index in [2.05, 4.69) is 57.4 Å². The topological polar surface area (TPSA) is 90.2 Å². The van der Waals surface area contributed by atoms with Crippen LogP contribution in [0.5, 0.6) is 0 Å². The molecule has 0 radical (unpaired) electrons. The molecular weight excluding hydrogens is 647 g/mol. The maximum Gasteiger partial charge on any atom is 0.129 e. The van der Waals surface area contributed by atoms with Crippen molar-refractivity contribution >= 4 is 5.78 Å². The van der Waals surface area contributed by atoms with Gasteiger partial charge in [-0.3, -0.25) is 5.26 Å². The molecule has 3 saturated carbocycles. The molecule has 0 aromatic heterocycles. The number of fused-ring (bicyclic) bond motifs is 5. The second-order valence-corrected chi connectivity index (χ2v) is 19.2. The average Bonchev–Trinajstić information content (AvgIpc) is 3.45. The van der Waals surface area contributed by atoms with Gasteiger partial charge < -0.3 is 19.9 Å². The van der Waals surface area contributed by atoms with Crippen LogP contribution in [-0.4, -0.2) is 65.1 Å². The molecule has 52 heavy (non-hydrogen) atoms. The number of hydrogen-bond donors (Lipinski definition) is 3. The van der Waals surface area contributed by atoms with Crippen molar-refractivity contribution in [1.29, 1.82) is 0 Å². The fourth-order valence-electron chi connectivity index (χ4n) is 11.6. The van der Waals surface area contributed by atoms with E-state index in [9.17, 15) is 9.90 Å². The van der Waals surface area contributed by atoms with Crippen LogP contribution in [0.4, 0.5) is 0 Å². The normalized spacial score (nSPS) is 30.9. The van der Waals surface area contributed by atoms with E-state index in [1.807, 2.05) is 5.57 Å². The summed E-state index contributed by atoms with van der Waals surface area (Å²) in [5.41, 5.74) is 3.06. The van der Waals surface area contributed by atoms with Gasteiger partial charge in [0.2, 0.25) is 0 Å². The van der Waals surface area contributed by atoms with Crippen LogP contribution in [0, 0.1) is 52.3 Å². The molecule has 0 amide bonds. The fourth-order valence-corrected chi connectivity index (χ4v) is 11.6. The lowest BCUT2D eigenvalue weighted by Gasteiger charge is -2.58. The fraction of sp³-hybridized carbons (Fsp3) is 0.935. The minimum atomic E-state index is -0.341. The monoisotopic (exact) mass is 732 g/mol. The minimum absolute atomic E-state index is 0.210. The van der Waals surface area contributed by atoms with Crippen LogP contribution >= 0.6 is 0 Å². The predicted octanol–water partition coefficient (Wildman–Crippen LogP) is 11.3. The number of nitrogens with zero attached hydrogens (tertiary/aromatic N) is 1. The first kappa shape index (κ1) is 45.6. The molecule has 0 spiro atoms. The zero-order chi connectivity index (χ0) is 38.1. The van der Waals surface area contributed by atoms with Crippen LogP contribution in [-0.2, 0) is 9.68 Å². The zero-order valence-electron chi connectivity index (χ0n) is 35.2. The van der Waals surface area contributed by atoms with Gasteiger partial charge in [0.1, 0.15) is 5.78 Å². The lowest BCUT2D eigenvalue weighted by Crippen LogP contribution is -2.50. The molecule has 0 aromatic rings. The van der Waals surface area contributed by atoms with E-state index >= 15 is 0 Å². The highest BCUT2D eigenvalue weighted by atomic mass is 17.1. The molecule has 9 atom stereocenters. The molecule has 304 valence electrons. The Morgan fingerprint density at radius 2 is 1.62 bits per heavy atom. The quantitative estimate of drug-likeness (QED) is 0.0419. The average molecular weight is 732 g/mol. The van der Waals surface area contributed by atoms with Gasteiger partial charge in [0.25, 0.3) is 0 Å². The molecule has 9 unspecified atom stereocenters. The van der Waals surface area contributed by atoms with Gasteiger partial charge in [0.05, 0.1) is 12.7 Å². The van der Waals surface area contributed by atoms with Crippen LogP contribution in [0.2, 0.25) is 0 Å². The van der Waals surface area contributed by atoms with Crippen molar-refractivity contribution in [3.63, 3.8) is 0 Å². The Morgan fingerprint density at radius 3 is 2.31 bits per heavy atom. The number of carbonyl (C=O) groups is 1. The maximum absolute atomic E-state index is 10.9. The molecule has 3 N–H and O–H groups in total. The number of carbonyl (C=O) groups excluding carboxylic acids is 1. The Balaban J connectivity index is 0.000000285. The van der Waals surface area contributed by atoms with Gasteiger partial charge in [0.15, 0.2) is 0 Å². The van der Waals surface area contributed by atoms with E-state index in [1.165, 1.54) is 70.6 Å². The van der Waals surface area contributed by atoms with Crippen LogP contribution in [0.3, 0.4) is 0 Å². The molecular formula is C46H85NO5. The summed E-state index contributed by atoms with van der Waals surface area (Å²) in [5, 5.41) is 27.4. The van der Waals surface area contributed by atoms with E-state index in [0.717, 1.165) is 112 Å². The summed E-state index contributed by atoms with van der Waals surface area (Å²) < 4.78 is 0. The maximum atomic E-state index is 10.9. The van der Waals surface area contributed by atoms with Crippen molar-refractivity contribution in [1.82, 2.24) is 4.90 Å². The Bertz CT molecular complexity index is 1030. The predicted molar refractivity (Wildman–Crippen MR) is 217 cm³/mol. The Hall–Kier alpha value is -0.790. The van der Waals surface area contributed by atoms with Gasteiger partial charge in [-0.1, -0.05) is 91.7 Å². The number of Topliss-reactive ketones (excluding diaryl/α,β-unsaturated/α-hetero) is 1. The molecule has 0 aromatic carbocycles. The summed E-state index contributed by atoms with van der Waals surface area (Å²) >= 11 is 0. The highest BCUT2D eigenvalue weighted by molar-refractivity contribution is 5.75. The molecule has 6 heteroatoms. The Labute approximate surface area is 321 Å². The summed E-state index contributed by atoms with van der Waals surface area (Å²) in [6.07, 6.45) is 27.4. The van der Waals surface area contributed by atoms with Gasteiger partial charge in [-0.05, 0) is 162 Å². The number of rotatable bonds is 23. The smallest absolute Gasteiger partial charge is 0.129 e. The first-order chi connectivity index (χ1) is 24.8. The first-order valence-corrected chi connectivity index (χ1v) is 22.3. The van der Waals surface area contributed by atoms with Crippen LogP contribution in [0.1, 0.15) is 183 Å². The van der Waals surface area contributed by atoms with Crippen LogP contribution < -0.4 is 0 Å². The highest BCUT2D eigenvalue weighted by Crippen LogP contribution is 2.67. The van der Waals surface area contributed by atoms with Crippen molar-refractivity contribution in [2.45, 2.75) is 189 Å². The van der Waals surface area contributed by atoms with Crippen LogP contribution in [0.25, 0.3) is 0 Å². The number of ketones is 1. The van der Waals surface area contributed by atoms with E-state index in [0.29, 0.717) is 30.4 Å². The van der Waals surface area contributed by atoms with Gasteiger partial charge in [-0.2, -0.15) is 0 Å². The molecule has 0 saturated heterocycles. The molecule has 0 heterocycles. The number of unbranched alkanes of at least 4 members (excludes halogenated alkanes) is 5. The molecule has 4 rings (SSSR count). The number of allylic oxidation sites excluding steroid dienone is 2. The largest absolute Gasteiger partial charge is 0.396 e. The van der Waals surface area contributed by atoms with Gasteiger partial charge in [0, 0.05) is 19.6 Å². The number of aliphatic hydroxyl groups excluding tert-OH is 2. The van der Waals surface area contributed by atoms with E-state index in [-0.39, 0.29) is 18.5 Å². The van der Waals surface area contributed by atoms with Gasteiger partial charge in [-0.25, -0.2) is 4.89 Å². The third-order valence-corrected chi connectivity index (χ3v) is 14.7. The second kappa shape index (κ2) is 23.3. The van der Waals surface area contributed by atoms with Crippen molar-refractivity contribution in [3.8, 4) is 0 Å². The third kappa shape index (κ3) is 13.7. The molecule has 0 aliphatic heterocycles. The summed E-state index contributed by atoms with van der Waals surface area (Å²) in [6, 6.07) is 0. The summed E-state index contributed by atoms with van der Waals surface area (Å²) in [6.45, 7) is 19.9. The summed E-state index contributed by atoms with van der Waals surface area (Å²) in [7, 11) is 0. The lowest BCUT2D eigenvalue weighted by molar-refractivity contribution is -0.242. The van der Waals surface area contributed by atoms with Crippen molar-refractivity contribution < 1.29 is 25.2 Å². The van der Waals surface area contributed by atoms with Crippen molar-refractivity contribution in [3.05, 3.63) is 11.6 Å². The van der Waals surface area contributed by atoms with Gasteiger partial charge in [-0.15, -0.1) is 0 Å². The zero-order valence-corrected chi connectivity index (χ0v) is 35.2. The summed E-state index contributed by atoms with van der Waals surface area (Å²) in [5.74, 6) is 6.97. The minimum Gasteiger partial charge on any atom is -0.396 e. The molecule has 3 fully saturated rings. The second-order valence-electron chi connectivity index (χ2n) is 19.2. The number of aliphatic hydroxyl groups is 2. The molecule has 4 aliphatic carbocycles. The molecule has 0 bridgehead atoms. The van der Waals surface area contributed by atoms with Crippen molar-refractivity contribution in [2.24, 2.45) is 52.3 Å². The standard InChI is InChI=1S/C28H48.C18H37NO5/c1-19(2)8-7-9-21(4)24-12-13-25-23-11-10-22-18-20(3)14-16-27(22,5)26(23)15-17-28(24,25)6;1-17(21)10-4-2-6-12-19(13-7-8-14-20)16-18(22)11-5-3-9-15-24-23/h10,19-21,23-26H,7-9,11-18H2,1-6H3;18,20,22-23H,2-16H2,1H3. The van der Waals surface area contributed by atoms with E-state index < -0.39 is 0 Å². The van der Waals surface area contributed by atoms with Crippen molar-refractivity contribution in [2.75, 3.05) is 32.8 Å². The first-order valence-electron chi connectivity index (χ1n) is 22.3. The summed E-state index contributed by atoms with van der Waals surface area (Å²) in [4.78, 5) is 17.2. The lowest BCUT2D eigenvalue weighted by atomic mass is 9.46. The third-order valence-electron chi connectivity index (χ3n) is 14.7. The highest BCUT2D eigenvalue weighted by Gasteiger charge is 2.58. The Morgan fingerprint density at radius 1 is 0.885 bits per heavy atom. The van der Waals surface area contributed by atoms with Gasteiger partial charge >= 0.3 is 0 Å². The molecule has 6 nitrogen and oxygen atoms in total. The molecule has 4 aliphatic rings. The van der Waals surface area contributed by atoms with E-state index in [4.69, 9.17) is 10.4 Å². The van der Waals surface area contributed by atoms with E-state index in [1.54, 1.807) is 6.92 Å². The number of hydrogen-bond acceptors (Lipinski definition) is 6. The Kier molecular flexibility index (Phi) is 20.4. The SMILES string of the molecule is CC(=O)CCCCCN(CCCCO)CC(O)CCCCCOO.CC(C)CCCC(C)C1CCC2C3CC=C4CC(C)CCC4(C)C3CCC12C.